The molecule has 0 spiro atoms. The van der Waals surface area contributed by atoms with E-state index in [4.69, 9.17) is 9.47 Å². The molecule has 0 aromatic heterocycles. The first-order valence-corrected chi connectivity index (χ1v) is 11.6. The van der Waals surface area contributed by atoms with Gasteiger partial charge in [-0.05, 0) is 67.1 Å². The Labute approximate surface area is 218 Å². The van der Waals surface area contributed by atoms with Crippen molar-refractivity contribution in [2.24, 2.45) is 10.2 Å². The maximum Gasteiger partial charge on any atom is 0.271 e. The van der Waals surface area contributed by atoms with E-state index in [1.165, 1.54) is 63.0 Å². The lowest BCUT2D eigenvalue weighted by Crippen LogP contribution is -2.18. The molecule has 0 aliphatic rings. The van der Waals surface area contributed by atoms with Crippen LogP contribution in [0.3, 0.4) is 0 Å². The highest BCUT2D eigenvalue weighted by Crippen LogP contribution is 2.16. The molecular weight excluding hydrogens is 496 g/mol. The molecule has 38 heavy (non-hydrogen) atoms. The summed E-state index contributed by atoms with van der Waals surface area (Å²) in [6.07, 6.45) is 3.14. The Morgan fingerprint density at radius 3 is 1.92 bits per heavy atom. The number of nitrogens with one attached hydrogen (secondary N) is 3. The number of methoxy groups -OCH3 is 2. The average Bonchev–Trinajstić information content (AvgIpc) is 2.93. The lowest BCUT2D eigenvalue weighted by Gasteiger charge is -2.07. The number of amides is 2. The summed E-state index contributed by atoms with van der Waals surface area (Å²) in [5.74, 6) is -0.790. The molecule has 9 nitrogen and oxygen atoms in total. The number of hydrogen-bond donors (Lipinski definition) is 3. The fourth-order valence-corrected chi connectivity index (χ4v) is 3.17. The largest absolute Gasteiger partial charge is 0.497 e. The molecule has 0 heterocycles. The van der Waals surface area contributed by atoms with Crippen LogP contribution in [0.2, 0.25) is 0 Å². The van der Waals surface area contributed by atoms with E-state index < -0.39 is 17.5 Å². The van der Waals surface area contributed by atoms with Gasteiger partial charge in [0.05, 0.1) is 26.6 Å². The number of nitrogens with zero attached hydrogens (tertiary/aromatic N) is 2. The zero-order chi connectivity index (χ0) is 27.3. The Balaban J connectivity index is 1.38. The summed E-state index contributed by atoms with van der Waals surface area (Å²) in [5, 5.41) is 10.7. The number of halogens is 2. The number of carbonyl (C=O) groups is 2. The average molecular weight is 524 g/mol. The van der Waals surface area contributed by atoms with Crippen molar-refractivity contribution in [3.63, 3.8) is 0 Å². The number of ether oxygens (including phenoxy) is 2. The molecule has 0 unspecified atom stereocenters. The lowest BCUT2D eigenvalue weighted by atomic mass is 10.2. The molecule has 0 fully saturated rings. The first-order chi connectivity index (χ1) is 18.4. The number of rotatable bonds is 12. The van der Waals surface area contributed by atoms with E-state index in [0.29, 0.717) is 30.0 Å². The van der Waals surface area contributed by atoms with E-state index in [2.05, 4.69) is 26.4 Å². The van der Waals surface area contributed by atoms with Gasteiger partial charge in [-0.3, -0.25) is 9.59 Å². The summed E-state index contributed by atoms with van der Waals surface area (Å²) in [6, 6.07) is 15.1. The molecule has 3 aromatic rings. The highest BCUT2D eigenvalue weighted by Gasteiger charge is 2.06. The van der Waals surface area contributed by atoms with Gasteiger partial charge in [-0.25, -0.2) is 19.6 Å². The second-order valence-electron chi connectivity index (χ2n) is 7.87. The fraction of sp³-hybridized carbons (Fsp3) is 0.185. The third-order valence-corrected chi connectivity index (χ3v) is 5.23. The summed E-state index contributed by atoms with van der Waals surface area (Å²) in [4.78, 5) is 24.2. The Bertz CT molecular complexity index is 1310. The van der Waals surface area contributed by atoms with Gasteiger partial charge in [0.25, 0.3) is 5.91 Å². The van der Waals surface area contributed by atoms with Crippen LogP contribution < -0.4 is 25.6 Å². The molecule has 0 bridgehead atoms. The van der Waals surface area contributed by atoms with Gasteiger partial charge < -0.3 is 14.8 Å². The van der Waals surface area contributed by atoms with Gasteiger partial charge in [0.15, 0.2) is 0 Å². The van der Waals surface area contributed by atoms with Crippen LogP contribution >= 0.6 is 0 Å². The molecule has 0 aliphatic carbocycles. The number of hydrogen-bond acceptors (Lipinski definition) is 7. The van der Waals surface area contributed by atoms with E-state index in [1.807, 2.05) is 0 Å². The number of carbonyl (C=O) groups excluding carboxylic acids is 2. The minimum absolute atomic E-state index is 0.176. The monoisotopic (exact) mass is 523 g/mol. The first kappa shape index (κ1) is 27.8. The van der Waals surface area contributed by atoms with Crippen LogP contribution in [0.1, 0.15) is 34.3 Å². The van der Waals surface area contributed by atoms with Gasteiger partial charge in [-0.2, -0.15) is 10.2 Å². The zero-order valence-corrected chi connectivity index (χ0v) is 20.8. The Hall–Kier alpha value is -4.80. The predicted molar refractivity (Wildman–Crippen MR) is 141 cm³/mol. The lowest BCUT2D eigenvalue weighted by molar-refractivity contribution is -0.121. The number of anilines is 1. The second kappa shape index (κ2) is 14.1. The van der Waals surface area contributed by atoms with E-state index in [0.717, 1.165) is 5.69 Å². The van der Waals surface area contributed by atoms with Gasteiger partial charge in [-0.15, -0.1) is 0 Å². The second-order valence-corrected chi connectivity index (χ2v) is 7.87. The summed E-state index contributed by atoms with van der Waals surface area (Å²) in [5.41, 5.74) is 6.21. The SMILES string of the molecule is COc1ccc(F)c(/C=N/NC(=O)CCCNc2ccc(C(=O)N/N=C/c3cc(OC)ccc3F)cc2)c1. The van der Waals surface area contributed by atoms with Crippen molar-refractivity contribution in [1.29, 1.82) is 0 Å². The maximum absolute atomic E-state index is 13.8. The van der Waals surface area contributed by atoms with Crippen molar-refractivity contribution in [3.8, 4) is 11.5 Å². The summed E-state index contributed by atoms with van der Waals surface area (Å²) in [6.45, 7) is 0.504. The van der Waals surface area contributed by atoms with Crippen LogP contribution in [0, 0.1) is 11.6 Å². The standard InChI is InChI=1S/C27H27F2N5O4/c1-37-22-9-11-24(28)19(14-22)16-31-33-26(35)4-3-13-30-21-7-5-18(6-8-21)27(36)34-32-17-20-15-23(38-2)10-12-25(20)29/h5-12,14-17,30H,3-4,13H2,1-2H3,(H,33,35)(H,34,36)/b31-16+,32-17+. The maximum atomic E-state index is 13.8. The van der Waals surface area contributed by atoms with Crippen molar-refractivity contribution in [2.45, 2.75) is 12.8 Å². The van der Waals surface area contributed by atoms with Crippen LogP contribution in [-0.4, -0.2) is 45.0 Å². The van der Waals surface area contributed by atoms with Crippen LogP contribution in [0.4, 0.5) is 14.5 Å². The summed E-state index contributed by atoms with van der Waals surface area (Å²) >= 11 is 0. The van der Waals surface area contributed by atoms with E-state index in [1.54, 1.807) is 24.3 Å². The molecule has 0 aliphatic heterocycles. The normalized spacial score (nSPS) is 10.9. The van der Waals surface area contributed by atoms with Crippen molar-refractivity contribution in [2.75, 3.05) is 26.1 Å². The molecule has 2 amide bonds. The molecule has 198 valence electrons. The summed E-state index contributed by atoms with van der Waals surface area (Å²) in [7, 11) is 2.94. The van der Waals surface area contributed by atoms with Gasteiger partial charge >= 0.3 is 0 Å². The first-order valence-electron chi connectivity index (χ1n) is 11.6. The van der Waals surface area contributed by atoms with Crippen LogP contribution in [0.5, 0.6) is 11.5 Å². The van der Waals surface area contributed by atoms with E-state index in [-0.39, 0.29) is 23.5 Å². The number of hydrazone groups is 2. The third kappa shape index (κ3) is 8.40. The molecule has 0 atom stereocenters. The minimum atomic E-state index is -0.493. The summed E-state index contributed by atoms with van der Waals surface area (Å²) < 4.78 is 37.6. The van der Waals surface area contributed by atoms with Crippen molar-refractivity contribution >= 4 is 29.9 Å². The Kier molecular flexibility index (Phi) is 10.3. The minimum Gasteiger partial charge on any atom is -0.497 e. The third-order valence-electron chi connectivity index (χ3n) is 5.23. The van der Waals surface area contributed by atoms with Crippen LogP contribution in [0.15, 0.2) is 70.9 Å². The smallest absolute Gasteiger partial charge is 0.271 e. The highest BCUT2D eigenvalue weighted by molar-refractivity contribution is 5.95. The molecule has 3 N–H and O–H groups in total. The van der Waals surface area contributed by atoms with E-state index >= 15 is 0 Å². The Morgan fingerprint density at radius 2 is 1.37 bits per heavy atom. The molecule has 3 rings (SSSR count). The van der Waals surface area contributed by atoms with Crippen LogP contribution in [0.25, 0.3) is 0 Å². The quantitative estimate of drug-likeness (QED) is 0.188. The van der Waals surface area contributed by atoms with Gasteiger partial charge in [0.2, 0.25) is 5.91 Å². The molecule has 0 saturated carbocycles. The zero-order valence-electron chi connectivity index (χ0n) is 20.8. The highest BCUT2D eigenvalue weighted by atomic mass is 19.1. The molecular formula is C27H27F2N5O4. The molecule has 11 heteroatoms. The molecule has 0 radical (unpaired) electrons. The van der Waals surface area contributed by atoms with Gasteiger partial charge in [-0.1, -0.05) is 0 Å². The molecule has 3 aromatic carbocycles. The van der Waals surface area contributed by atoms with Crippen molar-refractivity contribution < 1.29 is 27.8 Å². The fourth-order valence-electron chi connectivity index (χ4n) is 3.17. The van der Waals surface area contributed by atoms with Gasteiger partial charge in [0.1, 0.15) is 23.1 Å². The van der Waals surface area contributed by atoms with Gasteiger partial charge in [0, 0.05) is 35.3 Å². The van der Waals surface area contributed by atoms with Crippen LogP contribution in [-0.2, 0) is 4.79 Å². The predicted octanol–water partition coefficient (Wildman–Crippen LogP) is 4.09. The van der Waals surface area contributed by atoms with Crippen molar-refractivity contribution in [1.82, 2.24) is 10.9 Å². The molecule has 0 saturated heterocycles. The van der Waals surface area contributed by atoms with E-state index in [9.17, 15) is 18.4 Å². The number of benzene rings is 3. The van der Waals surface area contributed by atoms with Crippen molar-refractivity contribution in [3.05, 3.63) is 89.0 Å². The Morgan fingerprint density at radius 1 is 0.816 bits per heavy atom. The topological polar surface area (TPSA) is 113 Å².